The predicted octanol–water partition coefficient (Wildman–Crippen LogP) is 3.84. The van der Waals surface area contributed by atoms with Crippen molar-refractivity contribution in [1.82, 2.24) is 10.2 Å². The van der Waals surface area contributed by atoms with Crippen LogP contribution in [0.5, 0.6) is 0 Å². The molecular formula is C19H31N3. The van der Waals surface area contributed by atoms with Crippen LogP contribution in [-0.4, -0.2) is 29.9 Å². The van der Waals surface area contributed by atoms with Crippen LogP contribution in [0.25, 0.3) is 0 Å². The van der Waals surface area contributed by atoms with Gasteiger partial charge >= 0.3 is 0 Å². The number of rotatable bonds is 3. The third kappa shape index (κ3) is 4.57. The molecule has 3 heteroatoms. The Morgan fingerprint density at radius 2 is 1.91 bits per heavy atom. The highest BCUT2D eigenvalue weighted by atomic mass is 15.1. The van der Waals surface area contributed by atoms with Gasteiger partial charge in [-0.1, -0.05) is 39.0 Å². The predicted molar refractivity (Wildman–Crippen MR) is 94.7 cm³/mol. The second kappa shape index (κ2) is 6.82. The molecule has 1 aliphatic heterocycles. The minimum atomic E-state index is 0.220. The summed E-state index contributed by atoms with van der Waals surface area (Å²) >= 11 is 0. The fraction of sp³-hybridized carbons (Fsp3) is 0.632. The largest absolute Gasteiger partial charge is 0.371 e. The number of nitrogens with one attached hydrogen (secondary N) is 2. The Bertz CT molecular complexity index is 520. The molecule has 2 rings (SSSR count). The molecule has 2 N–H and O–H groups in total. The van der Waals surface area contributed by atoms with Crippen molar-refractivity contribution < 1.29 is 0 Å². The van der Waals surface area contributed by atoms with Crippen LogP contribution < -0.4 is 5.32 Å². The van der Waals surface area contributed by atoms with Gasteiger partial charge in [-0.25, -0.2) is 0 Å². The van der Waals surface area contributed by atoms with Crippen molar-refractivity contribution >= 4 is 5.84 Å². The minimum absolute atomic E-state index is 0.220. The van der Waals surface area contributed by atoms with Crippen molar-refractivity contribution in [1.29, 1.82) is 5.41 Å². The number of nitrogens with zero attached hydrogens (tertiary/aromatic N) is 1. The molecule has 0 atom stereocenters. The van der Waals surface area contributed by atoms with Crippen LogP contribution in [0.3, 0.4) is 0 Å². The molecule has 0 bridgehead atoms. The number of aryl methyl sites for hydroxylation is 1. The van der Waals surface area contributed by atoms with Crippen molar-refractivity contribution in [2.24, 2.45) is 0 Å². The SMILES string of the molecule is CC(=N)NC1CCN(Cc2ccc(C(C)(C)C)cc2C)CC1. The van der Waals surface area contributed by atoms with Crippen molar-refractivity contribution in [3.63, 3.8) is 0 Å². The average molecular weight is 301 g/mol. The van der Waals surface area contributed by atoms with E-state index >= 15 is 0 Å². The van der Waals surface area contributed by atoms with Gasteiger partial charge in [0.15, 0.2) is 0 Å². The summed E-state index contributed by atoms with van der Waals surface area (Å²) in [5, 5.41) is 10.8. The number of benzene rings is 1. The zero-order valence-corrected chi connectivity index (χ0v) is 14.8. The molecule has 1 heterocycles. The van der Waals surface area contributed by atoms with E-state index in [1.165, 1.54) is 16.7 Å². The highest BCUT2D eigenvalue weighted by molar-refractivity contribution is 5.76. The monoisotopic (exact) mass is 301 g/mol. The van der Waals surface area contributed by atoms with Crippen LogP contribution in [0, 0.1) is 12.3 Å². The van der Waals surface area contributed by atoms with Gasteiger partial charge in [0, 0.05) is 25.7 Å². The Labute approximate surface area is 135 Å². The third-order valence-corrected chi connectivity index (χ3v) is 4.61. The van der Waals surface area contributed by atoms with Crippen LogP contribution in [0.1, 0.15) is 57.2 Å². The summed E-state index contributed by atoms with van der Waals surface area (Å²) in [5.74, 6) is 0.590. The van der Waals surface area contributed by atoms with Crippen molar-refractivity contribution in [3.8, 4) is 0 Å². The van der Waals surface area contributed by atoms with Gasteiger partial charge in [-0.05, 0) is 48.8 Å². The first-order chi connectivity index (χ1) is 10.3. The zero-order valence-electron chi connectivity index (χ0n) is 14.8. The summed E-state index contributed by atoms with van der Waals surface area (Å²) in [4.78, 5) is 2.54. The van der Waals surface area contributed by atoms with Crippen LogP contribution in [0.2, 0.25) is 0 Å². The number of piperidine rings is 1. The van der Waals surface area contributed by atoms with E-state index < -0.39 is 0 Å². The van der Waals surface area contributed by atoms with E-state index in [4.69, 9.17) is 5.41 Å². The highest BCUT2D eigenvalue weighted by Crippen LogP contribution is 2.25. The van der Waals surface area contributed by atoms with E-state index in [9.17, 15) is 0 Å². The molecule has 0 amide bonds. The lowest BCUT2D eigenvalue weighted by Crippen LogP contribution is -2.43. The van der Waals surface area contributed by atoms with E-state index in [0.29, 0.717) is 11.9 Å². The topological polar surface area (TPSA) is 39.1 Å². The molecule has 3 nitrogen and oxygen atoms in total. The third-order valence-electron chi connectivity index (χ3n) is 4.61. The maximum Gasteiger partial charge on any atom is 0.0901 e. The van der Waals surface area contributed by atoms with E-state index in [-0.39, 0.29) is 5.41 Å². The number of likely N-dealkylation sites (tertiary alicyclic amines) is 1. The summed E-state index contributed by atoms with van der Waals surface area (Å²) in [6, 6.07) is 7.43. The standard InChI is InChI=1S/C19H31N3/c1-14-12-17(19(3,4)5)7-6-16(14)13-22-10-8-18(9-11-22)21-15(2)20/h6-7,12,18H,8-11,13H2,1-5H3,(H2,20,21). The average Bonchev–Trinajstić information content (AvgIpc) is 2.41. The Morgan fingerprint density at radius 3 is 2.41 bits per heavy atom. The fourth-order valence-electron chi connectivity index (χ4n) is 3.12. The Balaban J connectivity index is 1.94. The zero-order chi connectivity index (χ0) is 16.3. The summed E-state index contributed by atoms with van der Waals surface area (Å²) < 4.78 is 0. The summed E-state index contributed by atoms with van der Waals surface area (Å²) in [6.07, 6.45) is 2.27. The van der Waals surface area contributed by atoms with Gasteiger partial charge < -0.3 is 5.32 Å². The van der Waals surface area contributed by atoms with Crippen LogP contribution in [-0.2, 0) is 12.0 Å². The summed E-state index contributed by atoms with van der Waals surface area (Å²) in [7, 11) is 0. The van der Waals surface area contributed by atoms with Crippen LogP contribution in [0.4, 0.5) is 0 Å². The molecule has 1 aromatic rings. The summed E-state index contributed by atoms with van der Waals surface area (Å²) in [6.45, 7) is 14.1. The lowest BCUT2D eigenvalue weighted by molar-refractivity contribution is 0.198. The smallest absolute Gasteiger partial charge is 0.0901 e. The first-order valence-electron chi connectivity index (χ1n) is 8.40. The molecule has 1 saturated heterocycles. The van der Waals surface area contributed by atoms with E-state index in [2.05, 4.69) is 56.1 Å². The maximum absolute atomic E-state index is 7.53. The molecule has 122 valence electrons. The molecule has 0 aliphatic carbocycles. The maximum atomic E-state index is 7.53. The van der Waals surface area contributed by atoms with Crippen LogP contribution >= 0.6 is 0 Å². The Morgan fingerprint density at radius 1 is 1.27 bits per heavy atom. The molecule has 0 radical (unpaired) electrons. The molecule has 1 aromatic carbocycles. The van der Waals surface area contributed by atoms with Gasteiger partial charge in [-0.2, -0.15) is 0 Å². The molecule has 0 aromatic heterocycles. The number of hydrogen-bond acceptors (Lipinski definition) is 2. The second-order valence-electron chi connectivity index (χ2n) is 7.71. The van der Waals surface area contributed by atoms with Gasteiger partial charge in [0.05, 0.1) is 5.84 Å². The summed E-state index contributed by atoms with van der Waals surface area (Å²) in [5.41, 5.74) is 4.49. The molecule has 22 heavy (non-hydrogen) atoms. The molecule has 0 unspecified atom stereocenters. The highest BCUT2D eigenvalue weighted by Gasteiger charge is 2.20. The second-order valence-corrected chi connectivity index (χ2v) is 7.71. The van der Waals surface area contributed by atoms with Crippen molar-refractivity contribution in [2.45, 2.75) is 65.5 Å². The fourth-order valence-corrected chi connectivity index (χ4v) is 3.12. The van der Waals surface area contributed by atoms with Gasteiger partial charge in [-0.15, -0.1) is 0 Å². The van der Waals surface area contributed by atoms with Crippen molar-refractivity contribution in [3.05, 3.63) is 34.9 Å². The molecular weight excluding hydrogens is 270 g/mol. The normalized spacial score (nSPS) is 17.5. The quantitative estimate of drug-likeness (QED) is 0.657. The molecule has 0 saturated carbocycles. The Hall–Kier alpha value is -1.35. The van der Waals surface area contributed by atoms with Crippen LogP contribution in [0.15, 0.2) is 18.2 Å². The first kappa shape index (κ1) is 17.0. The van der Waals surface area contributed by atoms with Crippen molar-refractivity contribution in [2.75, 3.05) is 13.1 Å². The van der Waals surface area contributed by atoms with E-state index in [1.54, 1.807) is 0 Å². The number of hydrogen-bond donors (Lipinski definition) is 2. The minimum Gasteiger partial charge on any atom is -0.371 e. The molecule has 1 aliphatic rings. The molecule has 1 fully saturated rings. The van der Waals surface area contributed by atoms with Gasteiger partial charge in [0.2, 0.25) is 0 Å². The first-order valence-corrected chi connectivity index (χ1v) is 8.40. The number of amidine groups is 1. The van der Waals surface area contributed by atoms with E-state index in [0.717, 1.165) is 32.5 Å². The lowest BCUT2D eigenvalue weighted by atomic mass is 9.85. The lowest BCUT2D eigenvalue weighted by Gasteiger charge is -2.33. The van der Waals surface area contributed by atoms with Gasteiger partial charge in [0.1, 0.15) is 0 Å². The van der Waals surface area contributed by atoms with Gasteiger partial charge in [0.25, 0.3) is 0 Å². The van der Waals surface area contributed by atoms with E-state index in [1.807, 2.05) is 6.92 Å². The Kier molecular flexibility index (Phi) is 5.28. The van der Waals surface area contributed by atoms with Gasteiger partial charge in [-0.3, -0.25) is 10.3 Å². The molecule has 0 spiro atoms.